The molecule has 0 aliphatic carbocycles. The van der Waals surface area contributed by atoms with Gasteiger partial charge in [-0.1, -0.05) is 18.2 Å². The lowest BCUT2D eigenvalue weighted by atomic mass is 10.2. The molecule has 0 saturated heterocycles. The Morgan fingerprint density at radius 1 is 1.17 bits per heavy atom. The molecule has 0 fully saturated rings. The maximum Gasteiger partial charge on any atom is 0.153 e. The summed E-state index contributed by atoms with van der Waals surface area (Å²) in [7, 11) is 0.522. The van der Waals surface area contributed by atoms with Crippen molar-refractivity contribution >= 4 is 16.7 Å². The highest BCUT2D eigenvalue weighted by atomic mass is 32.2. The van der Waals surface area contributed by atoms with E-state index >= 15 is 0 Å². The van der Waals surface area contributed by atoms with Crippen LogP contribution in [0, 0.1) is 0 Å². The highest BCUT2D eigenvalue weighted by molar-refractivity contribution is 7.86. The van der Waals surface area contributed by atoms with E-state index in [1.165, 1.54) is 0 Å². The van der Waals surface area contributed by atoms with Gasteiger partial charge in [-0.05, 0) is 35.9 Å². The third-order valence-electron chi connectivity index (χ3n) is 3.01. The van der Waals surface area contributed by atoms with Gasteiger partial charge in [-0.15, -0.1) is 0 Å². The number of rotatable bonds is 2. The Bertz CT molecular complexity index is 598. The molecule has 92 valence electrons. The average molecular weight is 259 g/mol. The predicted molar refractivity (Wildman–Crippen MR) is 72.0 cm³/mol. The van der Waals surface area contributed by atoms with Crippen LogP contribution in [0.4, 0.5) is 5.69 Å². The van der Waals surface area contributed by atoms with Gasteiger partial charge in [0, 0.05) is 5.69 Å². The molecule has 0 spiro atoms. The van der Waals surface area contributed by atoms with Crippen LogP contribution in [-0.2, 0) is 17.5 Å². The topological polar surface area (TPSA) is 29.5 Å². The first-order valence-corrected chi connectivity index (χ1v) is 6.81. The molecule has 1 unspecified atom stereocenters. The summed E-state index contributed by atoms with van der Waals surface area (Å²) in [5.41, 5.74) is 2.04. The van der Waals surface area contributed by atoms with Gasteiger partial charge in [-0.25, -0.2) is 4.21 Å². The predicted octanol–water partition coefficient (Wildman–Crippen LogP) is 2.74. The average Bonchev–Trinajstić information content (AvgIpc) is 2.76. The number of para-hydroxylation sites is 1. The van der Waals surface area contributed by atoms with Crippen LogP contribution in [0.2, 0.25) is 0 Å². The van der Waals surface area contributed by atoms with Crippen LogP contribution in [-0.4, -0.2) is 11.3 Å². The first-order valence-electron chi connectivity index (χ1n) is 5.71. The number of hydrogen-bond acceptors (Lipinski definition) is 2. The summed E-state index contributed by atoms with van der Waals surface area (Å²) in [6.07, 6.45) is 0. The third-order valence-corrected chi connectivity index (χ3v) is 4.53. The van der Waals surface area contributed by atoms with E-state index in [4.69, 9.17) is 4.74 Å². The molecule has 0 radical (unpaired) electrons. The molecular weight excluding hydrogens is 246 g/mol. The number of benzene rings is 2. The maximum absolute atomic E-state index is 12.4. The van der Waals surface area contributed by atoms with Gasteiger partial charge in [0.05, 0.1) is 18.6 Å². The van der Waals surface area contributed by atoms with E-state index in [0.717, 1.165) is 21.9 Å². The van der Waals surface area contributed by atoms with E-state index in [0.29, 0.717) is 6.54 Å². The van der Waals surface area contributed by atoms with E-state index in [1.54, 1.807) is 7.11 Å². The Morgan fingerprint density at radius 2 is 1.94 bits per heavy atom. The summed E-state index contributed by atoms with van der Waals surface area (Å²) < 4.78 is 19.5. The fourth-order valence-electron chi connectivity index (χ4n) is 2.09. The van der Waals surface area contributed by atoms with Gasteiger partial charge < -0.3 is 4.74 Å². The highest BCUT2D eigenvalue weighted by Gasteiger charge is 2.27. The quantitative estimate of drug-likeness (QED) is 0.830. The van der Waals surface area contributed by atoms with Crippen molar-refractivity contribution in [2.45, 2.75) is 11.4 Å². The van der Waals surface area contributed by atoms with E-state index < -0.39 is 11.0 Å². The molecule has 2 aromatic rings. The number of anilines is 1. The van der Waals surface area contributed by atoms with Crippen molar-refractivity contribution in [3.8, 4) is 5.75 Å². The van der Waals surface area contributed by atoms with Crippen molar-refractivity contribution in [1.82, 2.24) is 0 Å². The summed E-state index contributed by atoms with van der Waals surface area (Å²) in [6.45, 7) is 0.656. The second-order valence-electron chi connectivity index (χ2n) is 4.09. The fraction of sp³-hybridized carbons (Fsp3) is 0.143. The van der Waals surface area contributed by atoms with Crippen LogP contribution >= 0.6 is 0 Å². The third kappa shape index (κ3) is 1.78. The van der Waals surface area contributed by atoms with E-state index in [9.17, 15) is 4.21 Å². The second kappa shape index (κ2) is 4.46. The monoisotopic (exact) mass is 259 g/mol. The van der Waals surface area contributed by atoms with E-state index in [-0.39, 0.29) is 0 Å². The minimum absolute atomic E-state index is 0.656. The molecule has 1 atom stereocenters. The summed E-state index contributed by atoms with van der Waals surface area (Å²) >= 11 is 0. The largest absolute Gasteiger partial charge is 0.497 e. The number of hydrogen-bond donors (Lipinski definition) is 0. The van der Waals surface area contributed by atoms with Crippen LogP contribution in [0.3, 0.4) is 0 Å². The standard InChI is InChI=1S/C14H13NO2S/c1-17-13-7-8-14-11(9-13)10-15(18(14)16)12-5-3-2-4-6-12/h2-9H,10H2,1H3. The number of fused-ring (bicyclic) bond motifs is 1. The normalized spacial score (nSPS) is 17.6. The molecule has 0 aromatic heterocycles. The number of nitrogens with zero attached hydrogens (tertiary/aromatic N) is 1. The molecular formula is C14H13NO2S. The summed E-state index contributed by atoms with van der Waals surface area (Å²) in [5, 5.41) is 0. The Balaban J connectivity index is 1.99. The zero-order chi connectivity index (χ0) is 12.5. The Morgan fingerprint density at radius 3 is 2.67 bits per heavy atom. The number of ether oxygens (including phenoxy) is 1. The lowest BCUT2D eigenvalue weighted by Gasteiger charge is -2.15. The molecule has 0 N–H and O–H groups in total. The first kappa shape index (κ1) is 11.3. The van der Waals surface area contributed by atoms with Gasteiger partial charge in [-0.3, -0.25) is 4.31 Å². The zero-order valence-electron chi connectivity index (χ0n) is 10.00. The van der Waals surface area contributed by atoms with Gasteiger partial charge in [0.1, 0.15) is 5.75 Å². The first-order chi connectivity index (χ1) is 8.79. The van der Waals surface area contributed by atoms with Gasteiger partial charge in [0.2, 0.25) is 0 Å². The summed E-state index contributed by atoms with van der Waals surface area (Å²) in [6, 6.07) is 15.5. The van der Waals surface area contributed by atoms with Crippen LogP contribution in [0.25, 0.3) is 0 Å². The second-order valence-corrected chi connectivity index (χ2v) is 5.47. The minimum atomic E-state index is -1.12. The highest BCUT2D eigenvalue weighted by Crippen LogP contribution is 2.33. The van der Waals surface area contributed by atoms with E-state index in [2.05, 4.69) is 0 Å². The number of methoxy groups -OCH3 is 1. The van der Waals surface area contributed by atoms with Crippen LogP contribution < -0.4 is 9.04 Å². The fourth-order valence-corrected chi connectivity index (χ4v) is 3.43. The molecule has 1 aliphatic rings. The van der Waals surface area contributed by atoms with Gasteiger partial charge in [0.15, 0.2) is 11.0 Å². The smallest absolute Gasteiger partial charge is 0.153 e. The van der Waals surface area contributed by atoms with Crippen LogP contribution in [0.1, 0.15) is 5.56 Å². The minimum Gasteiger partial charge on any atom is -0.497 e. The van der Waals surface area contributed by atoms with Crippen molar-refractivity contribution in [3.63, 3.8) is 0 Å². The summed E-state index contributed by atoms with van der Waals surface area (Å²) in [4.78, 5) is 0.875. The molecule has 1 heterocycles. The lowest BCUT2D eigenvalue weighted by Crippen LogP contribution is -2.17. The molecule has 18 heavy (non-hydrogen) atoms. The molecule has 0 amide bonds. The van der Waals surface area contributed by atoms with Crippen molar-refractivity contribution in [3.05, 3.63) is 54.1 Å². The van der Waals surface area contributed by atoms with Crippen molar-refractivity contribution < 1.29 is 8.95 Å². The SMILES string of the molecule is COc1ccc2c(c1)CN(c1ccccc1)S2=O. The molecule has 0 saturated carbocycles. The van der Waals surface area contributed by atoms with Crippen molar-refractivity contribution in [2.75, 3.05) is 11.4 Å². The molecule has 1 aliphatic heterocycles. The molecule has 2 aromatic carbocycles. The zero-order valence-corrected chi connectivity index (χ0v) is 10.8. The van der Waals surface area contributed by atoms with E-state index in [1.807, 2.05) is 52.8 Å². The summed E-state index contributed by atoms with van der Waals surface area (Å²) in [5.74, 6) is 0.806. The Labute approximate surface area is 109 Å². The molecule has 4 heteroatoms. The van der Waals surface area contributed by atoms with Crippen molar-refractivity contribution in [1.29, 1.82) is 0 Å². The van der Waals surface area contributed by atoms with Gasteiger partial charge in [-0.2, -0.15) is 0 Å². The van der Waals surface area contributed by atoms with Gasteiger partial charge >= 0.3 is 0 Å². The molecule has 0 bridgehead atoms. The molecule has 3 nitrogen and oxygen atoms in total. The Hall–Kier alpha value is -1.81. The van der Waals surface area contributed by atoms with Gasteiger partial charge in [0.25, 0.3) is 0 Å². The van der Waals surface area contributed by atoms with Crippen molar-refractivity contribution in [2.24, 2.45) is 0 Å². The Kier molecular flexibility index (Phi) is 2.80. The van der Waals surface area contributed by atoms with Crippen LogP contribution in [0.15, 0.2) is 53.4 Å². The maximum atomic E-state index is 12.4. The molecule has 3 rings (SSSR count). The van der Waals surface area contributed by atoms with Crippen LogP contribution in [0.5, 0.6) is 5.75 Å². The lowest BCUT2D eigenvalue weighted by molar-refractivity contribution is 0.414.